The van der Waals surface area contributed by atoms with Crippen molar-refractivity contribution in [1.29, 1.82) is 0 Å². The summed E-state index contributed by atoms with van der Waals surface area (Å²) in [5.74, 6) is 0.250. The number of likely N-dealkylation sites (tertiary alicyclic amines) is 1. The van der Waals surface area contributed by atoms with Gasteiger partial charge in [-0.2, -0.15) is 0 Å². The fourth-order valence-corrected chi connectivity index (χ4v) is 2.76. The zero-order valence-corrected chi connectivity index (χ0v) is 9.60. The molecule has 0 unspecified atom stereocenters. The van der Waals surface area contributed by atoms with Crippen molar-refractivity contribution in [3.63, 3.8) is 0 Å². The molecule has 0 bridgehead atoms. The van der Waals surface area contributed by atoms with E-state index >= 15 is 0 Å². The van der Waals surface area contributed by atoms with Gasteiger partial charge in [-0.1, -0.05) is 13.8 Å². The molecule has 1 spiro atoms. The summed E-state index contributed by atoms with van der Waals surface area (Å²) >= 11 is 0. The molecule has 1 heterocycles. The molecule has 0 N–H and O–H groups in total. The zero-order chi connectivity index (χ0) is 10.4. The summed E-state index contributed by atoms with van der Waals surface area (Å²) in [4.78, 5) is 13.1. The van der Waals surface area contributed by atoms with Gasteiger partial charge in [0.05, 0.1) is 0 Å². The van der Waals surface area contributed by atoms with Crippen LogP contribution in [0.25, 0.3) is 0 Å². The molecule has 1 saturated carbocycles. The lowest BCUT2D eigenvalue weighted by Crippen LogP contribution is -2.59. The second-order valence-electron chi connectivity index (χ2n) is 6.04. The number of carbonyl (C=O) groups excluding carboxylic acids is 1. The summed E-state index contributed by atoms with van der Waals surface area (Å²) in [5, 5.41) is 0. The average molecular weight is 195 g/mol. The van der Waals surface area contributed by atoms with Crippen molar-refractivity contribution < 1.29 is 4.79 Å². The van der Waals surface area contributed by atoms with Crippen LogP contribution in [0.2, 0.25) is 0 Å². The number of amides is 1. The van der Waals surface area contributed by atoms with Gasteiger partial charge >= 0.3 is 0 Å². The Hall–Kier alpha value is -0.530. The van der Waals surface area contributed by atoms with E-state index in [-0.39, 0.29) is 5.91 Å². The van der Waals surface area contributed by atoms with Gasteiger partial charge in [-0.3, -0.25) is 4.79 Å². The van der Waals surface area contributed by atoms with E-state index in [0.717, 1.165) is 13.1 Å². The molecule has 0 atom stereocenters. The van der Waals surface area contributed by atoms with Gasteiger partial charge in [-0.25, -0.2) is 0 Å². The van der Waals surface area contributed by atoms with Crippen LogP contribution in [-0.2, 0) is 4.79 Å². The normalized spacial score (nSPS) is 28.6. The monoisotopic (exact) mass is 195 g/mol. The SMILES string of the molecule is CC(=O)N1CC2(CCC(C)(C)CC2)C1. The predicted octanol–water partition coefficient (Wildman–Crippen LogP) is 2.44. The van der Waals surface area contributed by atoms with Crippen LogP contribution in [0.3, 0.4) is 0 Å². The smallest absolute Gasteiger partial charge is 0.219 e. The number of nitrogens with zero attached hydrogens (tertiary/aromatic N) is 1. The van der Waals surface area contributed by atoms with Crippen LogP contribution in [0.1, 0.15) is 46.5 Å². The van der Waals surface area contributed by atoms with Gasteiger partial charge in [0.2, 0.25) is 5.91 Å². The predicted molar refractivity (Wildman–Crippen MR) is 56.9 cm³/mol. The van der Waals surface area contributed by atoms with Gasteiger partial charge < -0.3 is 4.90 Å². The summed E-state index contributed by atoms with van der Waals surface area (Å²) in [6, 6.07) is 0. The molecule has 0 aromatic rings. The Bertz CT molecular complexity index is 239. The molecule has 1 saturated heterocycles. The maximum absolute atomic E-state index is 11.1. The van der Waals surface area contributed by atoms with Gasteiger partial charge in [0, 0.05) is 25.4 Å². The zero-order valence-electron chi connectivity index (χ0n) is 9.60. The first kappa shape index (κ1) is 10.0. The van der Waals surface area contributed by atoms with Crippen LogP contribution in [-0.4, -0.2) is 23.9 Å². The Kier molecular flexibility index (Phi) is 2.13. The lowest BCUT2D eigenvalue weighted by Gasteiger charge is -2.54. The molecule has 0 aromatic carbocycles. The fourth-order valence-electron chi connectivity index (χ4n) is 2.76. The lowest BCUT2D eigenvalue weighted by molar-refractivity contribution is -0.144. The second-order valence-corrected chi connectivity index (χ2v) is 6.04. The minimum Gasteiger partial charge on any atom is -0.342 e. The van der Waals surface area contributed by atoms with E-state index in [2.05, 4.69) is 13.8 Å². The topological polar surface area (TPSA) is 20.3 Å². The van der Waals surface area contributed by atoms with Crippen LogP contribution < -0.4 is 0 Å². The third-order valence-electron chi connectivity index (χ3n) is 4.16. The maximum Gasteiger partial charge on any atom is 0.219 e. The fraction of sp³-hybridized carbons (Fsp3) is 0.917. The van der Waals surface area contributed by atoms with E-state index in [4.69, 9.17) is 0 Å². The largest absolute Gasteiger partial charge is 0.342 e. The van der Waals surface area contributed by atoms with E-state index in [1.54, 1.807) is 6.92 Å². The van der Waals surface area contributed by atoms with Crippen LogP contribution in [0, 0.1) is 10.8 Å². The number of hydrogen-bond acceptors (Lipinski definition) is 1. The molecule has 14 heavy (non-hydrogen) atoms. The van der Waals surface area contributed by atoms with Gasteiger partial charge in [0.25, 0.3) is 0 Å². The van der Waals surface area contributed by atoms with E-state index in [1.165, 1.54) is 25.7 Å². The molecule has 0 aromatic heterocycles. The highest BCUT2D eigenvalue weighted by Gasteiger charge is 2.47. The molecule has 1 aliphatic heterocycles. The summed E-state index contributed by atoms with van der Waals surface area (Å²) in [6.07, 6.45) is 5.31. The van der Waals surface area contributed by atoms with Gasteiger partial charge in [-0.15, -0.1) is 0 Å². The molecule has 2 nitrogen and oxygen atoms in total. The van der Waals surface area contributed by atoms with Crippen molar-refractivity contribution >= 4 is 5.91 Å². The molecule has 1 amide bonds. The summed E-state index contributed by atoms with van der Waals surface area (Å²) in [7, 11) is 0. The first-order valence-corrected chi connectivity index (χ1v) is 5.68. The Morgan fingerprint density at radius 3 is 2.00 bits per heavy atom. The summed E-state index contributed by atoms with van der Waals surface area (Å²) in [6.45, 7) is 8.46. The first-order valence-electron chi connectivity index (χ1n) is 5.68. The molecular weight excluding hydrogens is 174 g/mol. The van der Waals surface area contributed by atoms with Crippen molar-refractivity contribution in [2.75, 3.05) is 13.1 Å². The molecule has 2 heteroatoms. The Morgan fingerprint density at radius 1 is 1.07 bits per heavy atom. The van der Waals surface area contributed by atoms with Crippen molar-refractivity contribution in [2.45, 2.75) is 46.5 Å². The van der Waals surface area contributed by atoms with Crippen molar-refractivity contribution in [2.24, 2.45) is 10.8 Å². The van der Waals surface area contributed by atoms with Gasteiger partial charge in [-0.05, 0) is 31.1 Å². The quantitative estimate of drug-likeness (QED) is 0.581. The minimum absolute atomic E-state index is 0.250. The number of carbonyl (C=O) groups is 1. The van der Waals surface area contributed by atoms with E-state index in [1.807, 2.05) is 4.90 Å². The molecule has 2 rings (SSSR count). The third kappa shape index (κ3) is 1.67. The highest BCUT2D eigenvalue weighted by Crippen LogP contribution is 2.49. The van der Waals surface area contributed by atoms with Crippen molar-refractivity contribution in [3.8, 4) is 0 Å². The lowest BCUT2D eigenvalue weighted by atomic mass is 9.62. The summed E-state index contributed by atoms with van der Waals surface area (Å²) < 4.78 is 0. The molecule has 1 aliphatic carbocycles. The molecule has 80 valence electrons. The number of rotatable bonds is 0. The molecular formula is C12H21NO. The summed E-state index contributed by atoms with van der Waals surface area (Å²) in [5.41, 5.74) is 1.06. The maximum atomic E-state index is 11.1. The van der Waals surface area contributed by atoms with E-state index in [0.29, 0.717) is 10.8 Å². The third-order valence-corrected chi connectivity index (χ3v) is 4.16. The second kappa shape index (κ2) is 2.98. The van der Waals surface area contributed by atoms with Crippen LogP contribution in [0.5, 0.6) is 0 Å². The van der Waals surface area contributed by atoms with Gasteiger partial charge in [0.1, 0.15) is 0 Å². The highest BCUT2D eigenvalue weighted by atomic mass is 16.2. The highest BCUT2D eigenvalue weighted by molar-refractivity contribution is 5.74. The number of hydrogen-bond donors (Lipinski definition) is 0. The average Bonchev–Trinajstić information content (AvgIpc) is 2.00. The Balaban J connectivity index is 1.89. The molecule has 2 fully saturated rings. The van der Waals surface area contributed by atoms with Crippen molar-refractivity contribution in [3.05, 3.63) is 0 Å². The molecule has 0 radical (unpaired) electrons. The Morgan fingerprint density at radius 2 is 1.57 bits per heavy atom. The standard InChI is InChI=1S/C12H21NO/c1-10(14)13-8-12(9-13)6-4-11(2,3)5-7-12/h4-9H2,1-3H3. The minimum atomic E-state index is 0.250. The van der Waals surface area contributed by atoms with Crippen LogP contribution in [0.15, 0.2) is 0 Å². The van der Waals surface area contributed by atoms with E-state index < -0.39 is 0 Å². The van der Waals surface area contributed by atoms with E-state index in [9.17, 15) is 4.79 Å². The van der Waals surface area contributed by atoms with Crippen LogP contribution in [0.4, 0.5) is 0 Å². The first-order chi connectivity index (χ1) is 6.43. The molecule has 2 aliphatic rings. The van der Waals surface area contributed by atoms with Crippen LogP contribution >= 0.6 is 0 Å². The van der Waals surface area contributed by atoms with Crippen molar-refractivity contribution in [1.82, 2.24) is 4.90 Å². The van der Waals surface area contributed by atoms with Gasteiger partial charge in [0.15, 0.2) is 0 Å². The Labute approximate surface area is 86.7 Å².